The van der Waals surface area contributed by atoms with Crippen molar-refractivity contribution in [1.29, 1.82) is 0 Å². The van der Waals surface area contributed by atoms with Gasteiger partial charge in [-0.2, -0.15) is 0 Å². The van der Waals surface area contributed by atoms with Crippen LogP contribution in [0.1, 0.15) is 38.1 Å². The van der Waals surface area contributed by atoms with Gasteiger partial charge in [-0.15, -0.1) is 0 Å². The summed E-state index contributed by atoms with van der Waals surface area (Å²) in [6.07, 6.45) is 0. The molecule has 0 aliphatic carbocycles. The normalized spacial score (nSPS) is 18.0. The maximum atomic E-state index is 12.6. The molecule has 1 aliphatic heterocycles. The van der Waals surface area contributed by atoms with E-state index in [1.165, 1.54) is 19.1 Å². The van der Waals surface area contributed by atoms with Gasteiger partial charge in [0.15, 0.2) is 5.25 Å². The molecule has 0 fully saturated rings. The third-order valence-electron chi connectivity index (χ3n) is 3.35. The number of hydrogen-bond donors (Lipinski definition) is 3. The average Bonchev–Trinajstić information content (AvgIpc) is 2.43. The van der Waals surface area contributed by atoms with Crippen LogP contribution in [0.3, 0.4) is 0 Å². The monoisotopic (exact) mass is 380 g/mol. The number of anilines is 1. The number of sulfonamides is 1. The number of amides is 4. The van der Waals surface area contributed by atoms with Crippen LogP contribution < -0.4 is 15.4 Å². The van der Waals surface area contributed by atoms with Crippen molar-refractivity contribution < 1.29 is 22.8 Å². The fraction of sp³-hybridized carbons (Fsp3) is 0.375. The predicted octanol–water partition coefficient (Wildman–Crippen LogP) is 1.04. The molecule has 10 heteroatoms. The zero-order valence-corrected chi connectivity index (χ0v) is 15.6. The van der Waals surface area contributed by atoms with Gasteiger partial charge in [-0.1, -0.05) is 12.1 Å². The average molecular weight is 380 g/mol. The minimum Gasteiger partial charge on any atom is -0.347 e. The van der Waals surface area contributed by atoms with Gasteiger partial charge in [-0.3, -0.25) is 19.6 Å². The summed E-state index contributed by atoms with van der Waals surface area (Å²) in [5.41, 5.74) is -0.543. The van der Waals surface area contributed by atoms with Crippen LogP contribution in [-0.4, -0.2) is 42.8 Å². The maximum absolute atomic E-state index is 12.6. The molecule has 0 saturated carbocycles. The third kappa shape index (κ3) is 4.45. The molecule has 1 aromatic carbocycles. The fourth-order valence-electron chi connectivity index (χ4n) is 2.36. The number of benzene rings is 1. The first-order valence-corrected chi connectivity index (χ1v) is 9.28. The van der Waals surface area contributed by atoms with Crippen LogP contribution in [0, 0.1) is 0 Å². The second-order valence-electron chi connectivity index (χ2n) is 6.82. The molecule has 1 aliphatic rings. The number of imide groups is 1. The number of aliphatic imine (C=N–C) groups is 1. The van der Waals surface area contributed by atoms with Crippen molar-refractivity contribution in [3.8, 4) is 0 Å². The van der Waals surface area contributed by atoms with Crippen LogP contribution in [0.15, 0.2) is 29.3 Å². The molecule has 0 aromatic heterocycles. The smallest absolute Gasteiger partial charge is 0.347 e. The Labute approximate surface area is 151 Å². The van der Waals surface area contributed by atoms with Gasteiger partial charge in [-0.05, 0) is 39.8 Å². The molecule has 1 unspecified atom stereocenters. The molecule has 3 N–H and O–H groups in total. The van der Waals surface area contributed by atoms with Gasteiger partial charge in [-0.25, -0.2) is 18.2 Å². The lowest BCUT2D eigenvalue weighted by Gasteiger charge is -2.23. The number of carbonyl (C=O) groups is 3. The zero-order chi connectivity index (χ0) is 19.7. The van der Waals surface area contributed by atoms with Crippen LogP contribution in [0.25, 0.3) is 0 Å². The van der Waals surface area contributed by atoms with E-state index >= 15 is 0 Å². The van der Waals surface area contributed by atoms with Crippen molar-refractivity contribution >= 4 is 39.3 Å². The molecule has 0 saturated heterocycles. The first-order chi connectivity index (χ1) is 11.9. The summed E-state index contributed by atoms with van der Waals surface area (Å²) in [4.78, 5) is 39.0. The van der Waals surface area contributed by atoms with Gasteiger partial charge in [0, 0.05) is 5.54 Å². The topological polar surface area (TPSA) is 134 Å². The molecule has 0 spiro atoms. The van der Waals surface area contributed by atoms with Gasteiger partial charge in [0.1, 0.15) is 0 Å². The highest BCUT2D eigenvalue weighted by Gasteiger charge is 2.39. The zero-order valence-electron chi connectivity index (χ0n) is 14.8. The van der Waals surface area contributed by atoms with E-state index in [1.54, 1.807) is 32.9 Å². The van der Waals surface area contributed by atoms with E-state index in [0.29, 0.717) is 0 Å². The number of rotatable bonds is 4. The molecule has 9 nitrogen and oxygen atoms in total. The number of para-hydroxylation sites is 1. The number of nitrogens with one attached hydrogen (secondary N) is 3. The summed E-state index contributed by atoms with van der Waals surface area (Å²) in [5, 5.41) is 2.93. The number of urea groups is 1. The fourth-order valence-corrected chi connectivity index (χ4v) is 3.81. The quantitative estimate of drug-likeness (QED) is 0.717. The Morgan fingerprint density at radius 3 is 2.38 bits per heavy atom. The van der Waals surface area contributed by atoms with E-state index in [-0.39, 0.29) is 17.0 Å². The lowest BCUT2D eigenvalue weighted by molar-refractivity contribution is -0.118. The van der Waals surface area contributed by atoms with E-state index < -0.39 is 38.7 Å². The summed E-state index contributed by atoms with van der Waals surface area (Å²) in [6.45, 7) is 6.65. The highest BCUT2D eigenvalue weighted by molar-refractivity contribution is 7.94. The molecular formula is C16H20N4O5S. The largest absolute Gasteiger partial charge is 0.347 e. The number of carbonyl (C=O) groups excluding carboxylic acids is 3. The Morgan fingerprint density at radius 1 is 1.19 bits per heavy atom. The molecule has 4 amide bonds. The maximum Gasteiger partial charge on any atom is 0.347 e. The summed E-state index contributed by atoms with van der Waals surface area (Å²) < 4.78 is 27.6. The van der Waals surface area contributed by atoms with Crippen molar-refractivity contribution in [3.63, 3.8) is 0 Å². The standard InChI is InChI=1S/C16H20N4O5S/c1-9-12(14(22)18-15(23)17-9)26(24,25)20-11-8-6-5-7-10(11)13(21)19-16(2,3)4/h5-8,12,20H,1-4H3,(H,19,21)(H,18,22,23). The lowest BCUT2D eigenvalue weighted by Crippen LogP contribution is -2.51. The van der Waals surface area contributed by atoms with E-state index in [1.807, 2.05) is 5.32 Å². The predicted molar refractivity (Wildman–Crippen MR) is 96.6 cm³/mol. The highest BCUT2D eigenvalue weighted by atomic mass is 32.2. The Bertz CT molecular complexity index is 899. The second-order valence-corrected chi connectivity index (χ2v) is 8.59. The van der Waals surface area contributed by atoms with Gasteiger partial charge in [0.05, 0.1) is 17.0 Å². The van der Waals surface area contributed by atoms with Crippen molar-refractivity contribution in [1.82, 2.24) is 10.6 Å². The van der Waals surface area contributed by atoms with Crippen LogP contribution in [0.5, 0.6) is 0 Å². The van der Waals surface area contributed by atoms with Gasteiger partial charge in [0.25, 0.3) is 11.8 Å². The van der Waals surface area contributed by atoms with E-state index in [9.17, 15) is 22.8 Å². The molecule has 2 rings (SSSR count). The number of nitrogens with zero attached hydrogens (tertiary/aromatic N) is 1. The van der Waals surface area contributed by atoms with Crippen LogP contribution in [0.4, 0.5) is 10.5 Å². The van der Waals surface area contributed by atoms with E-state index in [2.05, 4.69) is 15.0 Å². The molecule has 1 aromatic rings. The van der Waals surface area contributed by atoms with Crippen LogP contribution in [0.2, 0.25) is 0 Å². The van der Waals surface area contributed by atoms with Crippen molar-refractivity contribution in [2.24, 2.45) is 4.99 Å². The Balaban J connectivity index is 2.37. The molecule has 1 atom stereocenters. The summed E-state index contributed by atoms with van der Waals surface area (Å²) in [5.74, 6) is -1.46. The van der Waals surface area contributed by atoms with E-state index in [0.717, 1.165) is 0 Å². The second kappa shape index (κ2) is 6.87. The third-order valence-corrected chi connectivity index (χ3v) is 5.03. The Kier molecular flexibility index (Phi) is 5.17. The van der Waals surface area contributed by atoms with Crippen LogP contribution >= 0.6 is 0 Å². The first-order valence-electron chi connectivity index (χ1n) is 7.74. The highest BCUT2D eigenvalue weighted by Crippen LogP contribution is 2.20. The van der Waals surface area contributed by atoms with E-state index in [4.69, 9.17) is 0 Å². The number of hydrogen-bond acceptors (Lipinski definition) is 5. The molecule has 26 heavy (non-hydrogen) atoms. The summed E-state index contributed by atoms with van der Waals surface area (Å²) >= 11 is 0. The molecule has 1 heterocycles. The van der Waals surface area contributed by atoms with Gasteiger partial charge in [0.2, 0.25) is 10.0 Å². The van der Waals surface area contributed by atoms with Gasteiger partial charge >= 0.3 is 6.03 Å². The molecular weight excluding hydrogens is 360 g/mol. The summed E-state index contributed by atoms with van der Waals surface area (Å²) in [6, 6.07) is 5.10. The van der Waals surface area contributed by atoms with Crippen LogP contribution in [-0.2, 0) is 14.8 Å². The Hall–Kier alpha value is -2.75. The van der Waals surface area contributed by atoms with Crippen molar-refractivity contribution in [2.75, 3.05) is 4.72 Å². The molecule has 0 radical (unpaired) electrons. The van der Waals surface area contributed by atoms with Crippen molar-refractivity contribution in [3.05, 3.63) is 29.8 Å². The minimum atomic E-state index is -4.28. The SMILES string of the molecule is CC1=NC(=O)NC(=O)C1S(=O)(=O)Nc1ccccc1C(=O)NC(C)(C)C. The van der Waals surface area contributed by atoms with Gasteiger partial charge < -0.3 is 5.32 Å². The Morgan fingerprint density at radius 2 is 1.81 bits per heavy atom. The molecule has 0 bridgehead atoms. The molecule has 140 valence electrons. The lowest BCUT2D eigenvalue weighted by atomic mass is 10.1. The minimum absolute atomic E-state index is 0.0201. The summed E-state index contributed by atoms with van der Waals surface area (Å²) in [7, 11) is -4.28. The first kappa shape index (κ1) is 19.6. The van der Waals surface area contributed by atoms with Crippen molar-refractivity contribution in [2.45, 2.75) is 38.5 Å².